The third-order valence-electron chi connectivity index (χ3n) is 5.25. The van der Waals surface area contributed by atoms with Gasteiger partial charge in [0.15, 0.2) is 5.43 Å². The van der Waals surface area contributed by atoms with Crippen LogP contribution < -0.4 is 10.7 Å². The molecule has 4 rings (SSSR count). The van der Waals surface area contributed by atoms with Crippen molar-refractivity contribution >= 4 is 22.6 Å². The molecule has 0 unspecified atom stereocenters. The van der Waals surface area contributed by atoms with E-state index in [1.807, 2.05) is 42.5 Å². The number of carbonyl (C=O) groups is 1. The van der Waals surface area contributed by atoms with Crippen LogP contribution in [0, 0.1) is 0 Å². The van der Waals surface area contributed by atoms with Crippen LogP contribution in [0.2, 0.25) is 0 Å². The van der Waals surface area contributed by atoms with Gasteiger partial charge in [0.1, 0.15) is 11.3 Å². The van der Waals surface area contributed by atoms with Crippen molar-refractivity contribution in [2.45, 2.75) is 32.6 Å². The van der Waals surface area contributed by atoms with Crippen molar-refractivity contribution in [2.75, 3.05) is 5.32 Å². The molecule has 0 saturated heterocycles. The summed E-state index contributed by atoms with van der Waals surface area (Å²) in [5, 5.41) is 3.29. The second kappa shape index (κ2) is 8.23. The fourth-order valence-electron chi connectivity index (χ4n) is 3.50. The van der Waals surface area contributed by atoms with E-state index in [4.69, 9.17) is 4.42 Å². The van der Waals surface area contributed by atoms with Crippen LogP contribution in [0.1, 0.15) is 31.9 Å². The van der Waals surface area contributed by atoms with E-state index in [1.165, 1.54) is 11.6 Å². The molecule has 1 aromatic heterocycles. The lowest BCUT2D eigenvalue weighted by molar-refractivity contribution is -0.115. The van der Waals surface area contributed by atoms with Crippen molar-refractivity contribution in [2.24, 2.45) is 0 Å². The molecule has 4 nitrogen and oxygen atoms in total. The third-order valence-corrected chi connectivity index (χ3v) is 5.25. The minimum atomic E-state index is -0.143. The molecule has 0 bridgehead atoms. The number of benzene rings is 3. The summed E-state index contributed by atoms with van der Waals surface area (Å²) in [6, 6.07) is 24.2. The molecule has 1 N–H and O–H groups in total. The highest BCUT2D eigenvalue weighted by Crippen LogP contribution is 2.27. The van der Waals surface area contributed by atoms with Crippen LogP contribution in [0.25, 0.3) is 22.3 Å². The van der Waals surface area contributed by atoms with Gasteiger partial charge in [-0.2, -0.15) is 0 Å². The Morgan fingerprint density at radius 3 is 2.29 bits per heavy atom. The van der Waals surface area contributed by atoms with E-state index < -0.39 is 0 Å². The maximum atomic E-state index is 12.8. The second-order valence-corrected chi connectivity index (χ2v) is 8.72. The first-order valence-corrected chi connectivity index (χ1v) is 10.3. The van der Waals surface area contributed by atoms with E-state index in [9.17, 15) is 9.59 Å². The summed E-state index contributed by atoms with van der Waals surface area (Å²) in [7, 11) is 0. The van der Waals surface area contributed by atoms with Gasteiger partial charge in [0, 0.05) is 17.3 Å². The van der Waals surface area contributed by atoms with Gasteiger partial charge in [0.25, 0.3) is 0 Å². The zero-order chi connectivity index (χ0) is 22.0. The maximum absolute atomic E-state index is 12.8. The van der Waals surface area contributed by atoms with E-state index >= 15 is 0 Å². The second-order valence-electron chi connectivity index (χ2n) is 8.72. The van der Waals surface area contributed by atoms with Crippen molar-refractivity contribution < 1.29 is 9.21 Å². The number of anilines is 1. The smallest absolute Gasteiger partial charge is 0.228 e. The molecule has 0 radical (unpaired) electrons. The lowest BCUT2D eigenvalue weighted by Crippen LogP contribution is -2.14. The van der Waals surface area contributed by atoms with Crippen molar-refractivity contribution in [3.63, 3.8) is 0 Å². The van der Waals surface area contributed by atoms with E-state index in [1.54, 1.807) is 18.2 Å². The highest BCUT2D eigenvalue weighted by Gasteiger charge is 2.14. The van der Waals surface area contributed by atoms with Gasteiger partial charge < -0.3 is 9.73 Å². The monoisotopic (exact) mass is 411 g/mol. The number of carbonyl (C=O) groups excluding carboxylic acids is 1. The summed E-state index contributed by atoms with van der Waals surface area (Å²) in [5.41, 5.74) is 3.98. The summed E-state index contributed by atoms with van der Waals surface area (Å²) in [6.07, 6.45) is 0.275. The molecule has 1 heterocycles. The largest absolute Gasteiger partial charge is 0.456 e. The van der Waals surface area contributed by atoms with Crippen LogP contribution in [0.3, 0.4) is 0 Å². The van der Waals surface area contributed by atoms with Crippen LogP contribution in [-0.2, 0) is 16.6 Å². The third kappa shape index (κ3) is 4.75. The maximum Gasteiger partial charge on any atom is 0.228 e. The van der Waals surface area contributed by atoms with Crippen LogP contribution in [0.5, 0.6) is 0 Å². The number of nitrogens with one attached hydrogen (secondary N) is 1. The number of fused-ring (bicyclic) bond motifs is 1. The predicted molar refractivity (Wildman–Crippen MR) is 125 cm³/mol. The fourth-order valence-corrected chi connectivity index (χ4v) is 3.50. The standard InChI is InChI=1S/C27H25NO3/c1-27(2,3)20-11-9-19(10-12-20)25-17-23(29)22-16-21(13-14-24(22)31-25)28-26(30)15-18-7-5-4-6-8-18/h4-14,16-17H,15H2,1-3H3,(H,28,30). The van der Waals surface area contributed by atoms with Gasteiger partial charge in [-0.25, -0.2) is 0 Å². The molecular weight excluding hydrogens is 386 g/mol. The topological polar surface area (TPSA) is 59.3 Å². The molecule has 0 spiro atoms. The van der Waals surface area contributed by atoms with Crippen LogP contribution in [0.15, 0.2) is 88.1 Å². The first-order valence-electron chi connectivity index (χ1n) is 10.3. The summed E-state index contributed by atoms with van der Waals surface area (Å²) in [5.74, 6) is 0.393. The molecule has 0 fully saturated rings. The zero-order valence-corrected chi connectivity index (χ0v) is 17.9. The Bertz CT molecular complexity index is 1280. The van der Waals surface area contributed by atoms with E-state index in [0.717, 1.165) is 11.1 Å². The average molecular weight is 412 g/mol. The normalized spacial score (nSPS) is 11.5. The van der Waals surface area contributed by atoms with Gasteiger partial charge in [-0.15, -0.1) is 0 Å². The van der Waals surface area contributed by atoms with Gasteiger partial charge in [0.2, 0.25) is 5.91 Å². The molecule has 0 aliphatic heterocycles. The number of rotatable bonds is 4. The Labute approximate surface area is 181 Å². The molecule has 0 saturated carbocycles. The molecular formula is C27H25NO3. The average Bonchev–Trinajstić information content (AvgIpc) is 2.74. The SMILES string of the molecule is CC(C)(C)c1ccc(-c2cc(=O)c3cc(NC(=O)Cc4ccccc4)ccc3o2)cc1. The Hall–Kier alpha value is -3.66. The predicted octanol–water partition coefficient (Wildman–Crippen LogP) is 5.94. The zero-order valence-electron chi connectivity index (χ0n) is 17.9. The lowest BCUT2D eigenvalue weighted by atomic mass is 9.86. The van der Waals surface area contributed by atoms with Gasteiger partial charge in [-0.1, -0.05) is 75.4 Å². The van der Waals surface area contributed by atoms with Crippen LogP contribution in [0.4, 0.5) is 5.69 Å². The molecule has 1 amide bonds. The lowest BCUT2D eigenvalue weighted by Gasteiger charge is -2.19. The Morgan fingerprint density at radius 2 is 1.61 bits per heavy atom. The first-order chi connectivity index (χ1) is 14.8. The van der Waals surface area contributed by atoms with Gasteiger partial charge in [0.05, 0.1) is 11.8 Å². The number of hydrogen-bond acceptors (Lipinski definition) is 3. The summed E-state index contributed by atoms with van der Waals surface area (Å²) >= 11 is 0. The van der Waals surface area contributed by atoms with Crippen molar-refractivity contribution in [1.82, 2.24) is 0 Å². The molecule has 4 heteroatoms. The Kier molecular flexibility index (Phi) is 5.47. The molecule has 0 atom stereocenters. The molecule has 3 aromatic carbocycles. The highest BCUT2D eigenvalue weighted by molar-refractivity contribution is 5.94. The highest BCUT2D eigenvalue weighted by atomic mass is 16.3. The minimum Gasteiger partial charge on any atom is -0.456 e. The fraction of sp³-hybridized carbons (Fsp3) is 0.185. The van der Waals surface area contributed by atoms with E-state index in [2.05, 4.69) is 38.2 Å². The minimum absolute atomic E-state index is 0.0596. The molecule has 4 aromatic rings. The molecule has 31 heavy (non-hydrogen) atoms. The number of amides is 1. The van der Waals surface area contributed by atoms with Gasteiger partial charge in [-0.3, -0.25) is 9.59 Å². The Morgan fingerprint density at radius 1 is 0.903 bits per heavy atom. The molecule has 0 aliphatic carbocycles. The van der Waals surface area contributed by atoms with Crippen molar-refractivity contribution in [3.05, 3.63) is 100 Å². The van der Waals surface area contributed by atoms with E-state index in [0.29, 0.717) is 22.4 Å². The molecule has 0 aliphatic rings. The summed E-state index contributed by atoms with van der Waals surface area (Å²) in [4.78, 5) is 25.1. The van der Waals surface area contributed by atoms with Gasteiger partial charge in [-0.05, 0) is 34.7 Å². The van der Waals surface area contributed by atoms with Gasteiger partial charge >= 0.3 is 0 Å². The quantitative estimate of drug-likeness (QED) is 0.452. The van der Waals surface area contributed by atoms with Crippen molar-refractivity contribution in [3.8, 4) is 11.3 Å². The van der Waals surface area contributed by atoms with Crippen molar-refractivity contribution in [1.29, 1.82) is 0 Å². The summed E-state index contributed by atoms with van der Waals surface area (Å²) in [6.45, 7) is 6.48. The van der Waals surface area contributed by atoms with E-state index in [-0.39, 0.29) is 23.2 Å². The van der Waals surface area contributed by atoms with Crippen LogP contribution in [-0.4, -0.2) is 5.91 Å². The molecule has 156 valence electrons. The number of hydrogen-bond donors (Lipinski definition) is 1. The summed E-state index contributed by atoms with van der Waals surface area (Å²) < 4.78 is 6.00. The first kappa shape index (κ1) is 20.6. The Balaban J connectivity index is 1.58. The van der Waals surface area contributed by atoms with Crippen LogP contribution >= 0.6 is 0 Å².